The summed E-state index contributed by atoms with van der Waals surface area (Å²) in [7, 11) is 1.64. The lowest BCUT2D eigenvalue weighted by molar-refractivity contribution is 0.1000. The van der Waals surface area contributed by atoms with E-state index in [-0.39, 0.29) is 0 Å². The van der Waals surface area contributed by atoms with Gasteiger partial charge in [0.15, 0.2) is 0 Å². The van der Waals surface area contributed by atoms with Crippen molar-refractivity contribution >= 4 is 5.91 Å². The Morgan fingerprint density at radius 3 is 2.56 bits per heavy atom. The minimum Gasteiger partial charge on any atom is -0.496 e. The lowest BCUT2D eigenvalue weighted by atomic mass is 9.98. The van der Waals surface area contributed by atoms with Gasteiger partial charge in [-0.05, 0) is 32.8 Å². The number of hydrogen-bond acceptors (Lipinski definition) is 3. The molecule has 0 saturated carbocycles. The van der Waals surface area contributed by atoms with Crippen LogP contribution in [0.25, 0.3) is 11.1 Å². The highest BCUT2D eigenvalue weighted by Gasteiger charge is 2.25. The van der Waals surface area contributed by atoms with E-state index in [4.69, 9.17) is 15.2 Å². The molecule has 0 aliphatic rings. The van der Waals surface area contributed by atoms with Gasteiger partial charge in [-0.1, -0.05) is 25.1 Å². The summed E-state index contributed by atoms with van der Waals surface area (Å²) in [4.78, 5) is 12.2. The highest BCUT2D eigenvalue weighted by atomic mass is 16.5. The number of amides is 1. The smallest absolute Gasteiger partial charge is 0.251 e. The molecule has 0 aliphatic heterocycles. The molecule has 0 unspecified atom stereocenters. The van der Waals surface area contributed by atoms with E-state index in [1.807, 2.05) is 38.1 Å². The topological polar surface area (TPSA) is 66.5 Å². The Bertz CT molecular complexity index is 735. The zero-order valence-electron chi connectivity index (χ0n) is 15.6. The molecule has 1 aromatic heterocycles. The van der Waals surface area contributed by atoms with Crippen LogP contribution in [0.1, 0.15) is 42.0 Å². The Morgan fingerprint density at radius 1 is 1.24 bits per heavy atom. The first-order chi connectivity index (χ1) is 12.1. The number of benzene rings is 1. The number of primary amides is 1. The number of carbonyl (C=O) groups is 1. The number of carbonyl (C=O) groups excluding carboxylic acids is 1. The lowest BCUT2D eigenvalue weighted by Crippen LogP contribution is -2.14. The predicted molar refractivity (Wildman–Crippen MR) is 100 cm³/mol. The number of nitrogens with zero attached hydrogens (tertiary/aromatic N) is 1. The van der Waals surface area contributed by atoms with Crippen LogP contribution < -0.4 is 10.5 Å². The van der Waals surface area contributed by atoms with Gasteiger partial charge in [0.1, 0.15) is 5.75 Å². The third-order valence-corrected chi connectivity index (χ3v) is 4.46. The van der Waals surface area contributed by atoms with Crippen LogP contribution >= 0.6 is 0 Å². The normalized spacial score (nSPS) is 10.9. The van der Waals surface area contributed by atoms with E-state index in [1.165, 1.54) is 0 Å². The van der Waals surface area contributed by atoms with Crippen molar-refractivity contribution < 1.29 is 14.3 Å². The van der Waals surface area contributed by atoms with E-state index in [9.17, 15) is 4.79 Å². The third-order valence-electron chi connectivity index (χ3n) is 4.46. The molecule has 1 amide bonds. The molecule has 25 heavy (non-hydrogen) atoms. The van der Waals surface area contributed by atoms with Gasteiger partial charge in [-0.25, -0.2) is 0 Å². The van der Waals surface area contributed by atoms with Crippen molar-refractivity contribution in [1.82, 2.24) is 4.57 Å². The molecule has 0 radical (unpaired) electrons. The molecule has 0 aliphatic carbocycles. The number of aromatic nitrogens is 1. The van der Waals surface area contributed by atoms with Crippen LogP contribution in [0.15, 0.2) is 24.3 Å². The zero-order valence-corrected chi connectivity index (χ0v) is 15.6. The minimum atomic E-state index is -0.406. The number of rotatable bonds is 9. The van der Waals surface area contributed by atoms with Gasteiger partial charge in [0.25, 0.3) is 5.91 Å². The van der Waals surface area contributed by atoms with Gasteiger partial charge in [-0.2, -0.15) is 0 Å². The summed E-state index contributed by atoms with van der Waals surface area (Å²) in [6.45, 7) is 8.25. The lowest BCUT2D eigenvalue weighted by Gasteiger charge is -2.13. The van der Waals surface area contributed by atoms with Gasteiger partial charge in [0, 0.05) is 42.3 Å². The van der Waals surface area contributed by atoms with Gasteiger partial charge < -0.3 is 19.8 Å². The standard InChI is InChI=1S/C20H28N2O3/c1-5-16-19(15-10-7-8-11-17(15)24-4)18(20(21)23)14(3)22(16)12-9-13-25-6-2/h7-8,10-11H,5-6,9,12-13H2,1-4H3,(H2,21,23). The molecule has 2 aromatic rings. The molecule has 1 heterocycles. The predicted octanol–water partition coefficient (Wildman–Crippen LogP) is 3.56. The Morgan fingerprint density at radius 2 is 1.96 bits per heavy atom. The van der Waals surface area contributed by atoms with Crippen LogP contribution in [-0.2, 0) is 17.7 Å². The molecule has 0 bridgehead atoms. The number of nitrogens with two attached hydrogens (primary N) is 1. The fourth-order valence-electron chi connectivity index (χ4n) is 3.38. The van der Waals surface area contributed by atoms with E-state index in [0.29, 0.717) is 18.8 Å². The monoisotopic (exact) mass is 344 g/mol. The largest absolute Gasteiger partial charge is 0.496 e. The second-order valence-corrected chi connectivity index (χ2v) is 5.90. The number of para-hydroxylation sites is 1. The van der Waals surface area contributed by atoms with Crippen LogP contribution in [0.2, 0.25) is 0 Å². The van der Waals surface area contributed by atoms with E-state index in [2.05, 4.69) is 11.5 Å². The Hall–Kier alpha value is -2.27. The van der Waals surface area contributed by atoms with Crippen molar-refractivity contribution in [2.75, 3.05) is 20.3 Å². The van der Waals surface area contributed by atoms with Crippen molar-refractivity contribution in [1.29, 1.82) is 0 Å². The summed E-state index contributed by atoms with van der Waals surface area (Å²) >= 11 is 0. The van der Waals surface area contributed by atoms with E-state index >= 15 is 0 Å². The van der Waals surface area contributed by atoms with Crippen molar-refractivity contribution in [2.24, 2.45) is 5.73 Å². The van der Waals surface area contributed by atoms with Crippen LogP contribution in [0.4, 0.5) is 0 Å². The molecule has 2 rings (SSSR count). The molecule has 0 spiro atoms. The second kappa shape index (κ2) is 8.72. The Balaban J connectivity index is 2.59. The third kappa shape index (κ3) is 3.87. The summed E-state index contributed by atoms with van der Waals surface area (Å²) in [5.74, 6) is 0.336. The van der Waals surface area contributed by atoms with Crippen molar-refractivity contribution in [3.8, 4) is 16.9 Å². The zero-order chi connectivity index (χ0) is 18.4. The maximum atomic E-state index is 12.2. The molecule has 1 aromatic carbocycles. The summed E-state index contributed by atoms with van der Waals surface area (Å²) in [5.41, 5.74) is 10.1. The molecule has 0 atom stereocenters. The summed E-state index contributed by atoms with van der Waals surface area (Å²) < 4.78 is 13.2. The Kier molecular flexibility index (Phi) is 6.65. The maximum absolute atomic E-state index is 12.2. The van der Waals surface area contributed by atoms with Gasteiger partial charge in [0.2, 0.25) is 0 Å². The average Bonchev–Trinajstić information content (AvgIpc) is 2.90. The van der Waals surface area contributed by atoms with Gasteiger partial charge in [0.05, 0.1) is 12.7 Å². The SMILES string of the molecule is CCOCCCn1c(C)c(C(N)=O)c(-c2ccccc2OC)c1CC. The van der Waals surface area contributed by atoms with Crippen LogP contribution in [0.3, 0.4) is 0 Å². The van der Waals surface area contributed by atoms with Crippen molar-refractivity contribution in [3.05, 3.63) is 41.2 Å². The highest BCUT2D eigenvalue weighted by molar-refractivity contribution is 6.03. The van der Waals surface area contributed by atoms with E-state index in [0.717, 1.165) is 47.7 Å². The molecule has 136 valence electrons. The number of methoxy groups -OCH3 is 1. The van der Waals surface area contributed by atoms with Gasteiger partial charge in [-0.15, -0.1) is 0 Å². The van der Waals surface area contributed by atoms with E-state index in [1.54, 1.807) is 7.11 Å². The summed E-state index contributed by atoms with van der Waals surface area (Å²) in [6.07, 6.45) is 1.69. The maximum Gasteiger partial charge on any atom is 0.251 e. The first-order valence-electron chi connectivity index (χ1n) is 8.79. The van der Waals surface area contributed by atoms with Crippen molar-refractivity contribution in [2.45, 2.75) is 40.2 Å². The van der Waals surface area contributed by atoms with E-state index < -0.39 is 5.91 Å². The van der Waals surface area contributed by atoms with Gasteiger partial charge in [-0.3, -0.25) is 4.79 Å². The quantitative estimate of drug-likeness (QED) is 0.707. The second-order valence-electron chi connectivity index (χ2n) is 5.90. The first-order valence-corrected chi connectivity index (χ1v) is 8.79. The first kappa shape index (κ1) is 19.1. The van der Waals surface area contributed by atoms with Crippen LogP contribution in [-0.4, -0.2) is 30.8 Å². The number of hydrogen-bond donors (Lipinski definition) is 1. The molecule has 5 nitrogen and oxygen atoms in total. The minimum absolute atomic E-state index is 0.406. The molecular formula is C20H28N2O3. The summed E-state index contributed by atoms with van der Waals surface area (Å²) in [5, 5.41) is 0. The molecule has 2 N–H and O–H groups in total. The Labute approximate surface area is 149 Å². The van der Waals surface area contributed by atoms with Crippen LogP contribution in [0, 0.1) is 6.92 Å². The molecule has 5 heteroatoms. The molecule has 0 fully saturated rings. The van der Waals surface area contributed by atoms with Gasteiger partial charge >= 0.3 is 0 Å². The van der Waals surface area contributed by atoms with Crippen LogP contribution in [0.5, 0.6) is 5.75 Å². The molecular weight excluding hydrogens is 316 g/mol. The number of ether oxygens (including phenoxy) is 2. The fraction of sp³-hybridized carbons (Fsp3) is 0.450. The van der Waals surface area contributed by atoms with Crippen molar-refractivity contribution in [3.63, 3.8) is 0 Å². The molecule has 0 saturated heterocycles. The summed E-state index contributed by atoms with van der Waals surface area (Å²) in [6, 6.07) is 7.75. The average molecular weight is 344 g/mol. The fourth-order valence-corrected chi connectivity index (χ4v) is 3.38. The highest BCUT2D eigenvalue weighted by Crippen LogP contribution is 2.38.